The van der Waals surface area contributed by atoms with Gasteiger partial charge in [-0.05, 0) is 13.0 Å². The van der Waals surface area contributed by atoms with E-state index in [9.17, 15) is 0 Å². The Morgan fingerprint density at radius 2 is 2.00 bits per heavy atom. The summed E-state index contributed by atoms with van der Waals surface area (Å²) in [7, 11) is 0. The van der Waals surface area contributed by atoms with Crippen LogP contribution in [-0.4, -0.2) is 15.0 Å². The standard InChI is InChI=1S/C13H12N4/c1-8-13(11-6-12(14)16-7-15-11)9-4-2-3-5-10(9)17-8/h2-7,17H,1H3,(H2,14,15,16). The van der Waals surface area contributed by atoms with Crippen molar-refractivity contribution < 1.29 is 0 Å². The number of aryl methyl sites for hydroxylation is 1. The van der Waals surface area contributed by atoms with Crippen LogP contribution in [0.4, 0.5) is 5.82 Å². The maximum atomic E-state index is 5.70. The van der Waals surface area contributed by atoms with Gasteiger partial charge in [-0.25, -0.2) is 9.97 Å². The number of benzene rings is 1. The van der Waals surface area contributed by atoms with Crippen LogP contribution in [0.1, 0.15) is 5.69 Å². The number of nitrogen functional groups attached to an aromatic ring is 1. The zero-order chi connectivity index (χ0) is 11.8. The summed E-state index contributed by atoms with van der Waals surface area (Å²) in [6, 6.07) is 9.95. The lowest BCUT2D eigenvalue weighted by Gasteiger charge is -2.01. The third-order valence-electron chi connectivity index (χ3n) is 2.84. The van der Waals surface area contributed by atoms with Gasteiger partial charge >= 0.3 is 0 Å². The molecule has 3 aromatic rings. The largest absolute Gasteiger partial charge is 0.384 e. The quantitative estimate of drug-likeness (QED) is 0.667. The average Bonchev–Trinajstić information content (AvgIpc) is 2.64. The molecular formula is C13H12N4. The number of aromatic nitrogens is 3. The van der Waals surface area contributed by atoms with Crippen LogP contribution in [0.5, 0.6) is 0 Å². The van der Waals surface area contributed by atoms with E-state index in [1.807, 2.05) is 19.1 Å². The Morgan fingerprint density at radius 3 is 2.82 bits per heavy atom. The predicted octanol–water partition coefficient (Wildman–Crippen LogP) is 2.52. The first-order chi connectivity index (χ1) is 8.25. The van der Waals surface area contributed by atoms with Crippen LogP contribution in [0.15, 0.2) is 36.7 Å². The van der Waals surface area contributed by atoms with Gasteiger partial charge in [-0.15, -0.1) is 0 Å². The van der Waals surface area contributed by atoms with Crippen molar-refractivity contribution in [2.24, 2.45) is 0 Å². The summed E-state index contributed by atoms with van der Waals surface area (Å²) < 4.78 is 0. The number of aromatic amines is 1. The maximum Gasteiger partial charge on any atom is 0.127 e. The molecule has 2 heterocycles. The molecule has 0 atom stereocenters. The van der Waals surface area contributed by atoms with E-state index in [2.05, 4.69) is 27.1 Å². The Morgan fingerprint density at radius 1 is 1.18 bits per heavy atom. The highest BCUT2D eigenvalue weighted by Crippen LogP contribution is 2.30. The minimum atomic E-state index is 0.486. The van der Waals surface area contributed by atoms with E-state index >= 15 is 0 Å². The first kappa shape index (κ1) is 9.84. The van der Waals surface area contributed by atoms with Gasteiger partial charge in [0.15, 0.2) is 0 Å². The van der Waals surface area contributed by atoms with Gasteiger partial charge in [0.1, 0.15) is 12.1 Å². The Balaban J connectivity index is 2.33. The van der Waals surface area contributed by atoms with Gasteiger partial charge in [-0.3, -0.25) is 0 Å². The lowest BCUT2D eigenvalue weighted by molar-refractivity contribution is 1.17. The van der Waals surface area contributed by atoms with Crippen LogP contribution >= 0.6 is 0 Å². The summed E-state index contributed by atoms with van der Waals surface area (Å²) in [5, 5.41) is 1.16. The van der Waals surface area contributed by atoms with Crippen molar-refractivity contribution in [1.29, 1.82) is 0 Å². The molecule has 0 saturated heterocycles. The van der Waals surface area contributed by atoms with Crippen molar-refractivity contribution in [3.05, 3.63) is 42.4 Å². The molecule has 1 aromatic carbocycles. The fraction of sp³-hybridized carbons (Fsp3) is 0.0769. The van der Waals surface area contributed by atoms with Crippen molar-refractivity contribution in [2.45, 2.75) is 6.92 Å². The van der Waals surface area contributed by atoms with Crippen LogP contribution in [-0.2, 0) is 0 Å². The molecule has 2 aromatic heterocycles. The molecule has 4 heteroatoms. The van der Waals surface area contributed by atoms with Gasteiger partial charge in [0.2, 0.25) is 0 Å². The number of H-pyrrole nitrogens is 1. The third kappa shape index (κ3) is 1.54. The molecule has 0 aliphatic rings. The van der Waals surface area contributed by atoms with E-state index < -0.39 is 0 Å². The molecule has 3 N–H and O–H groups in total. The second kappa shape index (κ2) is 3.59. The van der Waals surface area contributed by atoms with Crippen LogP contribution in [0.2, 0.25) is 0 Å². The molecule has 84 valence electrons. The van der Waals surface area contributed by atoms with E-state index in [1.165, 1.54) is 6.33 Å². The zero-order valence-electron chi connectivity index (χ0n) is 9.44. The number of para-hydroxylation sites is 1. The fourth-order valence-corrected chi connectivity index (χ4v) is 2.12. The van der Waals surface area contributed by atoms with Crippen LogP contribution in [0.25, 0.3) is 22.2 Å². The first-order valence-electron chi connectivity index (χ1n) is 5.41. The van der Waals surface area contributed by atoms with E-state index in [1.54, 1.807) is 6.07 Å². The smallest absolute Gasteiger partial charge is 0.127 e. The van der Waals surface area contributed by atoms with Crippen molar-refractivity contribution in [1.82, 2.24) is 15.0 Å². The second-order valence-electron chi connectivity index (χ2n) is 4.00. The molecule has 0 saturated carbocycles. The van der Waals surface area contributed by atoms with Gasteiger partial charge in [0.05, 0.1) is 5.69 Å². The summed E-state index contributed by atoms with van der Waals surface area (Å²) in [5.74, 6) is 0.486. The summed E-state index contributed by atoms with van der Waals surface area (Å²) in [6.45, 7) is 2.04. The number of nitrogens with one attached hydrogen (secondary N) is 1. The lowest BCUT2D eigenvalue weighted by Crippen LogP contribution is -1.93. The molecule has 0 amide bonds. The Kier molecular flexibility index (Phi) is 2.08. The molecule has 0 fully saturated rings. The first-order valence-corrected chi connectivity index (χ1v) is 5.41. The molecule has 0 aliphatic carbocycles. The highest BCUT2D eigenvalue weighted by Gasteiger charge is 2.11. The SMILES string of the molecule is Cc1[nH]c2ccccc2c1-c1cc(N)ncn1. The number of nitrogens with zero attached hydrogens (tertiary/aromatic N) is 2. The molecule has 0 radical (unpaired) electrons. The van der Waals surface area contributed by atoms with Crippen LogP contribution in [0.3, 0.4) is 0 Å². The average molecular weight is 224 g/mol. The number of hydrogen-bond acceptors (Lipinski definition) is 3. The van der Waals surface area contributed by atoms with Gasteiger partial charge in [0, 0.05) is 28.2 Å². The third-order valence-corrected chi connectivity index (χ3v) is 2.84. The monoisotopic (exact) mass is 224 g/mol. The van der Waals surface area contributed by atoms with Gasteiger partial charge in [-0.2, -0.15) is 0 Å². The number of nitrogens with two attached hydrogens (primary N) is 1. The fourth-order valence-electron chi connectivity index (χ4n) is 2.12. The Labute approximate surface area is 98.5 Å². The molecule has 0 aliphatic heterocycles. The number of fused-ring (bicyclic) bond motifs is 1. The molecule has 3 rings (SSSR count). The minimum absolute atomic E-state index is 0.486. The summed E-state index contributed by atoms with van der Waals surface area (Å²) >= 11 is 0. The molecule has 0 spiro atoms. The van der Waals surface area contributed by atoms with Gasteiger partial charge < -0.3 is 10.7 Å². The van der Waals surface area contributed by atoms with Gasteiger partial charge in [0.25, 0.3) is 0 Å². The van der Waals surface area contributed by atoms with Crippen LogP contribution in [0, 0.1) is 6.92 Å². The van der Waals surface area contributed by atoms with E-state index in [-0.39, 0.29) is 0 Å². The predicted molar refractivity (Wildman–Crippen MR) is 68.5 cm³/mol. The van der Waals surface area contributed by atoms with E-state index in [0.29, 0.717) is 5.82 Å². The molecule has 17 heavy (non-hydrogen) atoms. The molecule has 4 nitrogen and oxygen atoms in total. The molecule has 0 unspecified atom stereocenters. The lowest BCUT2D eigenvalue weighted by atomic mass is 10.1. The normalized spacial score (nSPS) is 10.9. The Bertz CT molecular complexity index is 685. The number of rotatable bonds is 1. The highest BCUT2D eigenvalue weighted by atomic mass is 14.9. The van der Waals surface area contributed by atoms with Crippen molar-refractivity contribution in [3.8, 4) is 11.3 Å². The molecular weight excluding hydrogens is 212 g/mol. The second-order valence-corrected chi connectivity index (χ2v) is 4.00. The van der Waals surface area contributed by atoms with Crippen molar-refractivity contribution in [2.75, 3.05) is 5.73 Å². The van der Waals surface area contributed by atoms with E-state index in [0.717, 1.165) is 27.9 Å². The summed E-state index contributed by atoms with van der Waals surface area (Å²) in [6.07, 6.45) is 1.49. The summed E-state index contributed by atoms with van der Waals surface area (Å²) in [5.41, 5.74) is 9.84. The van der Waals surface area contributed by atoms with Crippen molar-refractivity contribution >= 4 is 16.7 Å². The van der Waals surface area contributed by atoms with E-state index in [4.69, 9.17) is 5.73 Å². The number of anilines is 1. The van der Waals surface area contributed by atoms with Crippen molar-refractivity contribution in [3.63, 3.8) is 0 Å². The molecule has 0 bridgehead atoms. The Hall–Kier alpha value is -2.36. The highest BCUT2D eigenvalue weighted by molar-refractivity contribution is 5.96. The topological polar surface area (TPSA) is 67.6 Å². The summed E-state index contributed by atoms with van der Waals surface area (Å²) in [4.78, 5) is 11.5. The van der Waals surface area contributed by atoms with Gasteiger partial charge in [-0.1, -0.05) is 18.2 Å². The maximum absolute atomic E-state index is 5.70. The number of hydrogen-bond donors (Lipinski definition) is 2. The van der Waals surface area contributed by atoms with Crippen LogP contribution < -0.4 is 5.73 Å². The minimum Gasteiger partial charge on any atom is -0.384 e. The zero-order valence-corrected chi connectivity index (χ0v) is 9.44.